The molecule has 1 amide bonds. The summed E-state index contributed by atoms with van der Waals surface area (Å²) < 4.78 is 17.0. The summed E-state index contributed by atoms with van der Waals surface area (Å²) in [5.74, 6) is 1.85. The normalized spacial score (nSPS) is 10.2. The van der Waals surface area contributed by atoms with E-state index in [1.54, 1.807) is 12.1 Å². The lowest BCUT2D eigenvalue weighted by Gasteiger charge is -2.13. The van der Waals surface area contributed by atoms with Crippen LogP contribution in [0.25, 0.3) is 0 Å². The summed E-state index contributed by atoms with van der Waals surface area (Å²) in [5, 5.41) is 2.91. The Hall–Kier alpha value is -3.47. The third kappa shape index (κ3) is 6.28. The molecule has 0 aliphatic carbocycles. The van der Waals surface area contributed by atoms with E-state index in [1.807, 2.05) is 73.7 Å². The first-order valence-electron chi connectivity index (χ1n) is 9.70. The molecule has 0 aliphatic heterocycles. The van der Waals surface area contributed by atoms with Crippen molar-refractivity contribution < 1.29 is 19.0 Å². The fraction of sp³-hybridized carbons (Fsp3) is 0.208. The zero-order valence-corrected chi connectivity index (χ0v) is 16.5. The molecular weight excluding hydrogens is 366 g/mol. The van der Waals surface area contributed by atoms with Crippen molar-refractivity contribution in [3.05, 3.63) is 84.4 Å². The summed E-state index contributed by atoms with van der Waals surface area (Å²) in [6, 6.07) is 24.1. The van der Waals surface area contributed by atoms with Gasteiger partial charge in [-0.15, -0.1) is 0 Å². The van der Waals surface area contributed by atoms with Gasteiger partial charge in [0.25, 0.3) is 5.91 Å². The van der Waals surface area contributed by atoms with Gasteiger partial charge in [0.15, 0.2) is 0 Å². The largest absolute Gasteiger partial charge is 0.494 e. The topological polar surface area (TPSA) is 56.8 Å². The van der Waals surface area contributed by atoms with Gasteiger partial charge in [-0.25, -0.2) is 0 Å². The molecule has 5 nitrogen and oxygen atoms in total. The number of rotatable bonds is 10. The van der Waals surface area contributed by atoms with Crippen molar-refractivity contribution in [2.45, 2.75) is 13.3 Å². The molecule has 150 valence electrons. The highest BCUT2D eigenvalue weighted by atomic mass is 16.5. The highest BCUT2D eigenvalue weighted by Crippen LogP contribution is 2.25. The minimum atomic E-state index is -0.219. The number of amides is 1. The Kier molecular flexibility index (Phi) is 7.52. The number of ether oxygens (including phenoxy) is 3. The number of carbonyl (C=O) groups excluding carboxylic acids is 1. The standard InChI is InChI=1S/C24H25NO4/c1-2-15-27-21-12-8-9-19(18-21)24(26)25-22-13-6-7-14-23(22)29-17-16-28-20-10-4-3-5-11-20/h3-14,18H,2,15-17H2,1H3,(H,25,26). The molecule has 5 heteroatoms. The number of carbonyl (C=O) groups is 1. The Bertz CT molecular complexity index is 912. The summed E-state index contributed by atoms with van der Waals surface area (Å²) in [6.07, 6.45) is 0.912. The molecule has 0 radical (unpaired) electrons. The Balaban J connectivity index is 1.57. The minimum absolute atomic E-state index is 0.219. The van der Waals surface area contributed by atoms with E-state index in [1.165, 1.54) is 0 Å². The maximum absolute atomic E-state index is 12.7. The first-order valence-corrected chi connectivity index (χ1v) is 9.70. The third-order valence-corrected chi connectivity index (χ3v) is 4.06. The van der Waals surface area contributed by atoms with Crippen LogP contribution in [0.2, 0.25) is 0 Å². The summed E-state index contributed by atoms with van der Waals surface area (Å²) in [7, 11) is 0. The molecule has 0 saturated heterocycles. The number of anilines is 1. The van der Waals surface area contributed by atoms with Crippen LogP contribution in [0, 0.1) is 0 Å². The summed E-state index contributed by atoms with van der Waals surface area (Å²) in [4.78, 5) is 12.7. The van der Waals surface area contributed by atoms with E-state index in [0.717, 1.165) is 12.2 Å². The van der Waals surface area contributed by atoms with Crippen LogP contribution in [-0.2, 0) is 0 Å². The van der Waals surface area contributed by atoms with Crippen LogP contribution in [0.3, 0.4) is 0 Å². The summed E-state index contributed by atoms with van der Waals surface area (Å²) in [6.45, 7) is 3.43. The van der Waals surface area contributed by atoms with E-state index >= 15 is 0 Å². The molecule has 3 aromatic rings. The van der Waals surface area contributed by atoms with Gasteiger partial charge < -0.3 is 19.5 Å². The van der Waals surface area contributed by atoms with Crippen molar-refractivity contribution in [3.63, 3.8) is 0 Å². The molecule has 29 heavy (non-hydrogen) atoms. The van der Waals surface area contributed by atoms with Crippen LogP contribution in [0.5, 0.6) is 17.2 Å². The lowest BCUT2D eigenvalue weighted by molar-refractivity contribution is 0.102. The molecule has 3 aromatic carbocycles. The minimum Gasteiger partial charge on any atom is -0.494 e. The SMILES string of the molecule is CCCOc1cccc(C(=O)Nc2ccccc2OCCOc2ccccc2)c1. The second-order valence-corrected chi connectivity index (χ2v) is 6.34. The van der Waals surface area contributed by atoms with Crippen molar-refractivity contribution in [1.82, 2.24) is 0 Å². The van der Waals surface area contributed by atoms with E-state index < -0.39 is 0 Å². The first-order chi connectivity index (χ1) is 14.3. The Morgan fingerprint density at radius 3 is 2.28 bits per heavy atom. The fourth-order valence-electron chi connectivity index (χ4n) is 2.67. The van der Waals surface area contributed by atoms with Gasteiger partial charge in [-0.1, -0.05) is 43.3 Å². The Labute approximate surface area is 171 Å². The van der Waals surface area contributed by atoms with Crippen molar-refractivity contribution >= 4 is 11.6 Å². The summed E-state index contributed by atoms with van der Waals surface area (Å²) >= 11 is 0. The van der Waals surface area contributed by atoms with Crippen LogP contribution in [0.4, 0.5) is 5.69 Å². The predicted octanol–water partition coefficient (Wildman–Crippen LogP) is 5.19. The average molecular weight is 391 g/mol. The van der Waals surface area contributed by atoms with E-state index in [4.69, 9.17) is 14.2 Å². The monoisotopic (exact) mass is 391 g/mol. The number of nitrogens with one attached hydrogen (secondary N) is 1. The predicted molar refractivity (Wildman–Crippen MR) is 114 cm³/mol. The number of hydrogen-bond acceptors (Lipinski definition) is 4. The Morgan fingerprint density at radius 2 is 1.45 bits per heavy atom. The van der Waals surface area contributed by atoms with Gasteiger partial charge in [-0.3, -0.25) is 4.79 Å². The van der Waals surface area contributed by atoms with Gasteiger partial charge in [0, 0.05) is 5.56 Å². The van der Waals surface area contributed by atoms with E-state index in [2.05, 4.69) is 5.32 Å². The van der Waals surface area contributed by atoms with Gasteiger partial charge in [-0.05, 0) is 48.9 Å². The molecular formula is C24H25NO4. The number of benzene rings is 3. The lowest BCUT2D eigenvalue weighted by Crippen LogP contribution is -2.14. The molecule has 0 fully saturated rings. The van der Waals surface area contributed by atoms with E-state index in [0.29, 0.717) is 42.6 Å². The molecule has 0 aromatic heterocycles. The number of para-hydroxylation sites is 3. The molecule has 0 saturated carbocycles. The van der Waals surface area contributed by atoms with Crippen LogP contribution in [0.15, 0.2) is 78.9 Å². The lowest BCUT2D eigenvalue weighted by atomic mass is 10.2. The van der Waals surface area contributed by atoms with Gasteiger partial charge in [0.05, 0.1) is 12.3 Å². The molecule has 0 atom stereocenters. The highest BCUT2D eigenvalue weighted by Gasteiger charge is 2.11. The van der Waals surface area contributed by atoms with Gasteiger partial charge in [0.1, 0.15) is 30.5 Å². The second-order valence-electron chi connectivity index (χ2n) is 6.34. The second kappa shape index (κ2) is 10.8. The fourth-order valence-corrected chi connectivity index (χ4v) is 2.67. The van der Waals surface area contributed by atoms with Crippen molar-refractivity contribution in [1.29, 1.82) is 0 Å². The molecule has 0 bridgehead atoms. The average Bonchev–Trinajstić information content (AvgIpc) is 2.77. The van der Waals surface area contributed by atoms with E-state index in [9.17, 15) is 4.79 Å². The van der Waals surface area contributed by atoms with Crippen LogP contribution in [-0.4, -0.2) is 25.7 Å². The number of hydrogen-bond donors (Lipinski definition) is 1. The summed E-state index contributed by atoms with van der Waals surface area (Å²) in [5.41, 5.74) is 1.14. The maximum atomic E-state index is 12.7. The molecule has 0 spiro atoms. The zero-order chi connectivity index (χ0) is 20.3. The van der Waals surface area contributed by atoms with Gasteiger partial charge in [-0.2, -0.15) is 0 Å². The van der Waals surface area contributed by atoms with Crippen LogP contribution in [0.1, 0.15) is 23.7 Å². The molecule has 0 unspecified atom stereocenters. The maximum Gasteiger partial charge on any atom is 0.255 e. The van der Waals surface area contributed by atoms with Crippen LogP contribution >= 0.6 is 0 Å². The smallest absolute Gasteiger partial charge is 0.255 e. The molecule has 1 N–H and O–H groups in total. The molecule has 0 heterocycles. The molecule has 3 rings (SSSR count). The van der Waals surface area contributed by atoms with Crippen molar-refractivity contribution in [2.75, 3.05) is 25.1 Å². The van der Waals surface area contributed by atoms with Gasteiger partial charge >= 0.3 is 0 Å². The van der Waals surface area contributed by atoms with Crippen molar-refractivity contribution in [3.8, 4) is 17.2 Å². The quantitative estimate of drug-likeness (QED) is 0.484. The van der Waals surface area contributed by atoms with Crippen LogP contribution < -0.4 is 19.5 Å². The first kappa shape index (κ1) is 20.3. The zero-order valence-electron chi connectivity index (χ0n) is 16.5. The molecule has 0 aliphatic rings. The van der Waals surface area contributed by atoms with Crippen molar-refractivity contribution in [2.24, 2.45) is 0 Å². The Morgan fingerprint density at radius 1 is 0.759 bits per heavy atom. The van der Waals surface area contributed by atoms with Gasteiger partial charge in [0.2, 0.25) is 0 Å². The highest BCUT2D eigenvalue weighted by molar-refractivity contribution is 6.05. The third-order valence-electron chi connectivity index (χ3n) is 4.06. The van der Waals surface area contributed by atoms with E-state index in [-0.39, 0.29) is 5.91 Å².